The van der Waals surface area contributed by atoms with Gasteiger partial charge in [0.05, 0.1) is 17.9 Å². The van der Waals surface area contributed by atoms with Gasteiger partial charge >= 0.3 is 0 Å². The number of thiophene rings is 1. The lowest BCUT2D eigenvalue weighted by Crippen LogP contribution is -2.00. The van der Waals surface area contributed by atoms with Crippen LogP contribution in [0.1, 0.15) is 19.6 Å². The minimum atomic E-state index is -0.404. The van der Waals surface area contributed by atoms with Crippen LogP contribution in [0, 0.1) is 0 Å². The number of benzene rings is 9. The van der Waals surface area contributed by atoms with Crippen molar-refractivity contribution in [2.45, 2.75) is 13.3 Å². The quantitative estimate of drug-likeness (QED) is 0.155. The molecule has 264 valence electrons. The molecule has 2 nitrogen and oxygen atoms in total. The number of aryl methyl sites for hydroxylation is 1. The van der Waals surface area contributed by atoms with Gasteiger partial charge < -0.3 is 0 Å². The molecule has 0 saturated carbocycles. The van der Waals surface area contributed by atoms with E-state index in [0.29, 0.717) is 5.56 Å². The Kier molecular flexibility index (Phi) is 6.53. The molecule has 0 unspecified atom stereocenters. The second-order valence-electron chi connectivity index (χ2n) is 14.2. The summed E-state index contributed by atoms with van der Waals surface area (Å²) in [5.41, 5.74) is 10.3. The van der Waals surface area contributed by atoms with Gasteiger partial charge in [0.25, 0.3) is 0 Å². The average molecular weight is 738 g/mol. The summed E-state index contributed by atoms with van der Waals surface area (Å²) in [6.45, 7) is 2.14. The van der Waals surface area contributed by atoms with Gasteiger partial charge in [-0.15, -0.1) is 11.3 Å². The van der Waals surface area contributed by atoms with Crippen LogP contribution in [0.25, 0.3) is 103 Å². The van der Waals surface area contributed by atoms with Gasteiger partial charge in [-0.3, -0.25) is 4.57 Å². The first kappa shape index (κ1) is 27.7. The molecule has 11 rings (SSSR count). The highest BCUT2D eigenvalue weighted by Crippen LogP contribution is 2.49. The van der Waals surface area contributed by atoms with Gasteiger partial charge in [0.15, 0.2) is 0 Å². The molecule has 0 amide bonds. The van der Waals surface area contributed by atoms with Gasteiger partial charge in [-0.1, -0.05) is 146 Å². The maximum Gasteiger partial charge on any atom is 0.114 e. The summed E-state index contributed by atoms with van der Waals surface area (Å²) < 4.78 is 47.9. The van der Waals surface area contributed by atoms with Gasteiger partial charge in [0, 0.05) is 32.3 Å². The molecule has 0 N–H and O–H groups in total. The van der Waals surface area contributed by atoms with Crippen molar-refractivity contribution >= 4 is 64.1 Å². The van der Waals surface area contributed by atoms with E-state index in [1.807, 2.05) is 18.2 Å². The van der Waals surface area contributed by atoms with Gasteiger partial charge in [0.2, 0.25) is 0 Å². The fourth-order valence-corrected chi connectivity index (χ4v) is 9.72. The molecule has 0 spiro atoms. The van der Waals surface area contributed by atoms with Crippen molar-refractivity contribution in [1.29, 1.82) is 0 Å². The van der Waals surface area contributed by atoms with Crippen LogP contribution in [0.15, 0.2) is 188 Å². The zero-order chi connectivity index (χ0) is 41.5. The van der Waals surface area contributed by atoms with Crippen LogP contribution >= 0.6 is 11.3 Å². The summed E-state index contributed by atoms with van der Waals surface area (Å²) >= 11 is 1.78. The summed E-state index contributed by atoms with van der Waals surface area (Å²) in [4.78, 5) is 4.94. The minimum Gasteiger partial charge on any atom is -0.296 e. The van der Waals surface area contributed by atoms with Crippen molar-refractivity contribution in [1.82, 2.24) is 9.55 Å². The molecule has 0 bridgehead atoms. The minimum absolute atomic E-state index is 0.187. The highest BCUT2D eigenvalue weighted by molar-refractivity contribution is 7.26. The van der Waals surface area contributed by atoms with Crippen molar-refractivity contribution in [2.24, 2.45) is 0 Å². The molecule has 0 fully saturated rings. The smallest absolute Gasteiger partial charge is 0.114 e. The maximum absolute atomic E-state index is 8.94. The molecule has 0 saturated heterocycles. The lowest BCUT2D eigenvalue weighted by molar-refractivity contribution is 0.908. The number of para-hydroxylation sites is 2. The third kappa shape index (κ3) is 5.20. The van der Waals surface area contributed by atoms with Crippen LogP contribution in [-0.2, 0) is 6.42 Å². The maximum atomic E-state index is 8.94. The van der Waals surface area contributed by atoms with Crippen LogP contribution in [0.4, 0.5) is 0 Å². The summed E-state index contributed by atoms with van der Waals surface area (Å²) in [5, 5.41) is 6.47. The normalized spacial score (nSPS) is 13.0. The van der Waals surface area contributed by atoms with Crippen molar-refractivity contribution in [3.63, 3.8) is 0 Å². The molecule has 2 aromatic heterocycles. The molecule has 11 aromatic rings. The fraction of sp³-hybridized carbons (Fsp3) is 0.0377. The number of hydrogen-bond donors (Lipinski definition) is 0. The predicted octanol–water partition coefficient (Wildman–Crippen LogP) is 14.9. The Labute approximate surface area is 336 Å². The van der Waals surface area contributed by atoms with Gasteiger partial charge in [-0.2, -0.15) is 0 Å². The first-order valence-electron chi connectivity index (χ1n) is 21.4. The SMILES string of the molecule is [2H]c1c([2H])c([2H])c(-c2ccc3c(-c4cccc(-c5cccc(-n6c(CC)nc7ccccc76)c5)c4)c4ccccc4c(-c4cccc5sc6ccccc6c45)c3c2)c([2H])c1[2H]. The van der Waals surface area contributed by atoms with Crippen molar-refractivity contribution in [3.8, 4) is 50.2 Å². The molecule has 9 aromatic carbocycles. The Morgan fingerprint density at radius 3 is 2.04 bits per heavy atom. The second-order valence-corrected chi connectivity index (χ2v) is 15.3. The predicted molar refractivity (Wildman–Crippen MR) is 240 cm³/mol. The zero-order valence-electron chi connectivity index (χ0n) is 35.5. The van der Waals surface area contributed by atoms with Crippen LogP contribution in [-0.4, -0.2) is 9.55 Å². The lowest BCUT2D eigenvalue weighted by Gasteiger charge is -2.20. The molecular weight excluding hydrogens is 697 g/mol. The zero-order valence-corrected chi connectivity index (χ0v) is 31.3. The van der Waals surface area contributed by atoms with Crippen LogP contribution in [0.3, 0.4) is 0 Å². The number of hydrogen-bond acceptors (Lipinski definition) is 2. The first-order chi connectivity index (χ1) is 29.8. The third-order valence-corrected chi connectivity index (χ3v) is 12.2. The average Bonchev–Trinajstić information content (AvgIpc) is 3.88. The Bertz CT molecular complexity index is 3570. The topological polar surface area (TPSA) is 17.8 Å². The van der Waals surface area contributed by atoms with E-state index < -0.39 is 6.04 Å². The number of aromatic nitrogens is 2. The molecular formula is C53H36N2S. The Balaban J connectivity index is 1.19. The second kappa shape index (κ2) is 13.2. The van der Waals surface area contributed by atoms with Crippen molar-refractivity contribution in [3.05, 3.63) is 194 Å². The number of fused-ring (bicyclic) bond motifs is 6. The van der Waals surface area contributed by atoms with E-state index in [0.717, 1.165) is 83.9 Å². The molecule has 0 aliphatic heterocycles. The van der Waals surface area contributed by atoms with E-state index in [9.17, 15) is 0 Å². The Hall–Kier alpha value is -6.81. The highest BCUT2D eigenvalue weighted by Gasteiger charge is 2.21. The summed E-state index contributed by atoms with van der Waals surface area (Å²) in [5.74, 6) is 1.01. The fourth-order valence-electron chi connectivity index (χ4n) is 8.59. The standard InChI is InChI=1S/C53H36N2S/c1-2-50-54-46-25-9-10-26-47(46)55(50)39-20-13-18-36(32-39)35-17-12-19-38(31-35)51-40-21-6-7-22-41(40)52(45-33-37(29-30-42(45)51)34-15-4-3-5-16-34)44-24-14-28-49-53(44)43-23-8-11-27-48(43)56-49/h3-33H,2H2,1H3/i3D,4D,5D,15D,16D. The number of rotatable bonds is 6. The van der Waals surface area contributed by atoms with E-state index in [2.05, 4.69) is 151 Å². The Morgan fingerprint density at radius 2 is 1.18 bits per heavy atom. The molecule has 0 aliphatic rings. The summed E-state index contributed by atoms with van der Waals surface area (Å²) in [6.07, 6.45) is 0.805. The first-order valence-corrected chi connectivity index (χ1v) is 19.8. The van der Waals surface area contributed by atoms with E-state index >= 15 is 0 Å². The Morgan fingerprint density at radius 1 is 0.518 bits per heavy atom. The number of nitrogens with zero attached hydrogens (tertiary/aromatic N) is 2. The largest absolute Gasteiger partial charge is 0.296 e. The van der Waals surface area contributed by atoms with Gasteiger partial charge in [-0.25, -0.2) is 4.98 Å². The van der Waals surface area contributed by atoms with Crippen LogP contribution < -0.4 is 0 Å². The molecule has 56 heavy (non-hydrogen) atoms. The molecule has 0 atom stereocenters. The third-order valence-electron chi connectivity index (χ3n) is 11.0. The summed E-state index contributed by atoms with van der Waals surface area (Å²) in [7, 11) is 0. The van der Waals surface area contributed by atoms with E-state index in [-0.39, 0.29) is 29.7 Å². The van der Waals surface area contributed by atoms with E-state index in [1.54, 1.807) is 11.3 Å². The van der Waals surface area contributed by atoms with Gasteiger partial charge in [0.1, 0.15) is 5.82 Å². The molecule has 2 heterocycles. The van der Waals surface area contributed by atoms with Crippen molar-refractivity contribution < 1.29 is 6.85 Å². The van der Waals surface area contributed by atoms with Crippen molar-refractivity contribution in [2.75, 3.05) is 0 Å². The lowest BCUT2D eigenvalue weighted by atomic mass is 9.83. The van der Waals surface area contributed by atoms with Crippen LogP contribution in [0.2, 0.25) is 0 Å². The monoisotopic (exact) mass is 737 g/mol. The molecule has 0 aliphatic carbocycles. The van der Waals surface area contributed by atoms with E-state index in [4.69, 9.17) is 11.8 Å². The number of imidazole rings is 1. The van der Waals surface area contributed by atoms with Crippen LogP contribution in [0.5, 0.6) is 0 Å². The van der Waals surface area contributed by atoms with Gasteiger partial charge in [-0.05, 0) is 115 Å². The molecule has 0 radical (unpaired) electrons. The molecule has 3 heteroatoms. The summed E-state index contributed by atoms with van der Waals surface area (Å²) in [6, 6.07) is 53.7. The highest BCUT2D eigenvalue weighted by atomic mass is 32.1. The van der Waals surface area contributed by atoms with E-state index in [1.165, 1.54) is 20.2 Å².